The van der Waals surface area contributed by atoms with Gasteiger partial charge in [0.2, 0.25) is 5.91 Å². The van der Waals surface area contributed by atoms with Gasteiger partial charge in [-0.3, -0.25) is 4.79 Å². The van der Waals surface area contributed by atoms with Gasteiger partial charge in [-0.1, -0.05) is 11.2 Å². The van der Waals surface area contributed by atoms with Crippen molar-refractivity contribution in [2.75, 3.05) is 0 Å². The number of aryl methyl sites for hydroxylation is 3. The Morgan fingerprint density at radius 1 is 1.39 bits per heavy atom. The van der Waals surface area contributed by atoms with E-state index in [4.69, 9.17) is 4.52 Å². The van der Waals surface area contributed by atoms with Crippen LogP contribution in [0.5, 0.6) is 0 Å². The maximum absolute atomic E-state index is 13.5. The van der Waals surface area contributed by atoms with Crippen molar-refractivity contribution in [1.29, 1.82) is 0 Å². The molecule has 1 aromatic carbocycles. The summed E-state index contributed by atoms with van der Waals surface area (Å²) in [6.07, 6.45) is 1.65. The quantitative estimate of drug-likeness (QED) is 0.942. The molecule has 5 heteroatoms. The second kappa shape index (κ2) is 5.48. The van der Waals surface area contributed by atoms with Gasteiger partial charge < -0.3 is 9.84 Å². The minimum absolute atomic E-state index is 0.103. The van der Waals surface area contributed by atoms with Crippen molar-refractivity contribution in [2.45, 2.75) is 52.0 Å². The van der Waals surface area contributed by atoms with Gasteiger partial charge in [0.25, 0.3) is 0 Å². The molecule has 1 N–H and O–H groups in total. The molecule has 3 rings (SSSR count). The van der Waals surface area contributed by atoms with Crippen molar-refractivity contribution in [3.05, 3.63) is 52.2 Å². The molecule has 122 valence electrons. The standard InChI is InChI=1S/C18H21FN2O2/c1-10-16(11(2)23-21-10)18(3,4)17(22)20-15-8-6-12-5-7-13(19)9-14(12)15/h5,7,9,15H,6,8H2,1-4H3,(H,20,22)/t15-/m0/s1. The Balaban J connectivity index is 1.85. The molecule has 0 saturated carbocycles. The Morgan fingerprint density at radius 2 is 2.13 bits per heavy atom. The Labute approximate surface area is 135 Å². The van der Waals surface area contributed by atoms with E-state index in [1.165, 1.54) is 12.1 Å². The van der Waals surface area contributed by atoms with Crippen LogP contribution < -0.4 is 5.32 Å². The maximum atomic E-state index is 13.5. The highest BCUT2D eigenvalue weighted by Gasteiger charge is 2.37. The molecule has 0 spiro atoms. The van der Waals surface area contributed by atoms with Crippen LogP contribution in [-0.2, 0) is 16.6 Å². The van der Waals surface area contributed by atoms with Crippen molar-refractivity contribution < 1.29 is 13.7 Å². The van der Waals surface area contributed by atoms with E-state index in [9.17, 15) is 9.18 Å². The molecule has 4 nitrogen and oxygen atoms in total. The smallest absolute Gasteiger partial charge is 0.230 e. The van der Waals surface area contributed by atoms with Gasteiger partial charge in [-0.15, -0.1) is 0 Å². The van der Waals surface area contributed by atoms with Gasteiger partial charge in [0.1, 0.15) is 11.6 Å². The predicted molar refractivity (Wildman–Crippen MR) is 84.6 cm³/mol. The van der Waals surface area contributed by atoms with Gasteiger partial charge in [-0.25, -0.2) is 4.39 Å². The molecule has 0 aliphatic heterocycles. The van der Waals surface area contributed by atoms with E-state index in [-0.39, 0.29) is 17.8 Å². The molecule has 0 fully saturated rings. The van der Waals surface area contributed by atoms with E-state index < -0.39 is 5.41 Å². The van der Waals surface area contributed by atoms with Crippen LogP contribution in [0.15, 0.2) is 22.7 Å². The number of carbonyl (C=O) groups excluding carboxylic acids is 1. The number of nitrogens with zero attached hydrogens (tertiary/aromatic N) is 1. The number of hydrogen-bond donors (Lipinski definition) is 1. The van der Waals surface area contributed by atoms with Gasteiger partial charge in [-0.05, 0) is 63.8 Å². The summed E-state index contributed by atoms with van der Waals surface area (Å²) in [5, 5.41) is 7.01. The lowest BCUT2D eigenvalue weighted by atomic mass is 9.82. The summed E-state index contributed by atoms with van der Waals surface area (Å²) in [6, 6.07) is 4.65. The van der Waals surface area contributed by atoms with Crippen LogP contribution >= 0.6 is 0 Å². The maximum Gasteiger partial charge on any atom is 0.230 e. The van der Waals surface area contributed by atoms with Crippen molar-refractivity contribution in [3.63, 3.8) is 0 Å². The van der Waals surface area contributed by atoms with E-state index >= 15 is 0 Å². The SMILES string of the molecule is Cc1noc(C)c1C(C)(C)C(=O)N[C@H]1CCc2ccc(F)cc21. The van der Waals surface area contributed by atoms with Crippen LogP contribution in [0.25, 0.3) is 0 Å². The van der Waals surface area contributed by atoms with Crippen LogP contribution in [0, 0.1) is 19.7 Å². The monoisotopic (exact) mass is 316 g/mol. The van der Waals surface area contributed by atoms with Gasteiger partial charge in [0.05, 0.1) is 17.2 Å². The minimum Gasteiger partial charge on any atom is -0.361 e. The third kappa shape index (κ3) is 2.64. The van der Waals surface area contributed by atoms with Crippen molar-refractivity contribution >= 4 is 5.91 Å². The summed E-state index contributed by atoms with van der Waals surface area (Å²) in [6.45, 7) is 7.36. The normalized spacial score (nSPS) is 17.2. The molecular formula is C18H21FN2O2. The second-order valence-corrected chi connectivity index (χ2v) is 6.73. The number of nitrogens with one attached hydrogen (secondary N) is 1. The first-order valence-electron chi connectivity index (χ1n) is 7.83. The first-order valence-corrected chi connectivity index (χ1v) is 7.83. The van der Waals surface area contributed by atoms with E-state index in [2.05, 4.69) is 10.5 Å². The van der Waals surface area contributed by atoms with E-state index in [0.717, 1.165) is 35.2 Å². The fourth-order valence-corrected chi connectivity index (χ4v) is 3.55. The Bertz CT molecular complexity index is 745. The van der Waals surface area contributed by atoms with Gasteiger partial charge in [-0.2, -0.15) is 0 Å². The lowest BCUT2D eigenvalue weighted by Crippen LogP contribution is -2.42. The molecule has 2 aromatic rings. The summed E-state index contributed by atoms with van der Waals surface area (Å²) in [7, 11) is 0. The summed E-state index contributed by atoms with van der Waals surface area (Å²) in [5.74, 6) is 0.282. The molecule has 1 atom stereocenters. The zero-order valence-corrected chi connectivity index (χ0v) is 13.9. The minimum atomic E-state index is -0.760. The number of fused-ring (bicyclic) bond motifs is 1. The van der Waals surface area contributed by atoms with Crippen molar-refractivity contribution in [3.8, 4) is 0 Å². The highest BCUT2D eigenvalue weighted by atomic mass is 19.1. The lowest BCUT2D eigenvalue weighted by Gasteiger charge is -2.26. The Morgan fingerprint density at radius 3 is 2.78 bits per heavy atom. The second-order valence-electron chi connectivity index (χ2n) is 6.73. The first-order chi connectivity index (χ1) is 10.8. The van der Waals surface area contributed by atoms with E-state index in [0.29, 0.717) is 5.76 Å². The number of benzene rings is 1. The molecule has 0 radical (unpaired) electrons. The van der Waals surface area contributed by atoms with Gasteiger partial charge in [0.15, 0.2) is 0 Å². The Hall–Kier alpha value is -2.17. The van der Waals surface area contributed by atoms with Crippen LogP contribution in [0.2, 0.25) is 0 Å². The lowest BCUT2D eigenvalue weighted by molar-refractivity contribution is -0.126. The molecule has 1 amide bonds. The molecule has 0 unspecified atom stereocenters. The number of aromatic nitrogens is 1. The average molecular weight is 316 g/mol. The molecule has 1 aromatic heterocycles. The summed E-state index contributed by atoms with van der Waals surface area (Å²) >= 11 is 0. The molecule has 1 aliphatic rings. The third-order valence-electron chi connectivity index (χ3n) is 4.72. The van der Waals surface area contributed by atoms with Crippen LogP contribution in [0.3, 0.4) is 0 Å². The van der Waals surface area contributed by atoms with Crippen LogP contribution in [-0.4, -0.2) is 11.1 Å². The summed E-state index contributed by atoms with van der Waals surface area (Å²) < 4.78 is 18.7. The molecule has 23 heavy (non-hydrogen) atoms. The highest BCUT2D eigenvalue weighted by Crippen LogP contribution is 2.34. The average Bonchev–Trinajstić information content (AvgIpc) is 3.03. The number of amides is 1. The largest absolute Gasteiger partial charge is 0.361 e. The topological polar surface area (TPSA) is 55.1 Å². The molecule has 1 aliphatic carbocycles. The highest BCUT2D eigenvalue weighted by molar-refractivity contribution is 5.88. The number of rotatable bonds is 3. The van der Waals surface area contributed by atoms with Crippen LogP contribution in [0.4, 0.5) is 4.39 Å². The zero-order chi connectivity index (χ0) is 16.8. The first kappa shape index (κ1) is 15.7. The Kier molecular flexibility index (Phi) is 3.74. The number of hydrogen-bond acceptors (Lipinski definition) is 3. The van der Waals surface area contributed by atoms with E-state index in [1.54, 1.807) is 6.07 Å². The number of carbonyl (C=O) groups is 1. The summed E-state index contributed by atoms with van der Waals surface area (Å²) in [5.41, 5.74) is 2.76. The van der Waals surface area contributed by atoms with Crippen molar-refractivity contribution in [1.82, 2.24) is 10.5 Å². The fraction of sp³-hybridized carbons (Fsp3) is 0.444. The predicted octanol–water partition coefficient (Wildman–Crippen LogP) is 3.51. The van der Waals surface area contributed by atoms with Crippen molar-refractivity contribution in [2.24, 2.45) is 0 Å². The third-order valence-corrected chi connectivity index (χ3v) is 4.72. The number of halogens is 1. The molecular weight excluding hydrogens is 295 g/mol. The molecule has 1 heterocycles. The van der Waals surface area contributed by atoms with Gasteiger partial charge >= 0.3 is 0 Å². The van der Waals surface area contributed by atoms with E-state index in [1.807, 2.05) is 27.7 Å². The zero-order valence-electron chi connectivity index (χ0n) is 13.9. The fourth-order valence-electron chi connectivity index (χ4n) is 3.55. The van der Waals surface area contributed by atoms with Gasteiger partial charge in [0, 0.05) is 5.56 Å². The summed E-state index contributed by atoms with van der Waals surface area (Å²) in [4.78, 5) is 12.8. The molecule has 0 bridgehead atoms. The molecule has 0 saturated heterocycles. The van der Waals surface area contributed by atoms with Crippen LogP contribution in [0.1, 0.15) is 54.5 Å².